The van der Waals surface area contributed by atoms with Crippen LogP contribution in [0.15, 0.2) is 36.4 Å². The second kappa shape index (κ2) is 13.0. The molecular weight excluding hydrogens is 583 g/mol. The minimum atomic E-state index is -0.750. The fourth-order valence-corrected chi connectivity index (χ4v) is 6.34. The molecular formula is C30H34Cl2N4O6. The van der Waals surface area contributed by atoms with E-state index < -0.39 is 11.9 Å². The molecule has 2 N–H and O–H groups in total. The second-order valence-electron chi connectivity index (χ2n) is 11.0. The molecule has 1 aliphatic heterocycles. The van der Waals surface area contributed by atoms with E-state index in [9.17, 15) is 19.5 Å². The van der Waals surface area contributed by atoms with Gasteiger partial charge < -0.3 is 24.8 Å². The first-order valence-corrected chi connectivity index (χ1v) is 14.8. The van der Waals surface area contributed by atoms with Crippen molar-refractivity contribution in [3.05, 3.63) is 57.7 Å². The van der Waals surface area contributed by atoms with Crippen LogP contribution in [0.4, 0.5) is 5.69 Å². The number of aryl methyl sites for hydroxylation is 1. The lowest BCUT2D eigenvalue weighted by molar-refractivity contribution is -0.144. The maximum absolute atomic E-state index is 13.5. The molecule has 10 nitrogen and oxygen atoms in total. The topological polar surface area (TPSA) is 123 Å². The number of benzene rings is 2. The van der Waals surface area contributed by atoms with E-state index in [0.717, 1.165) is 5.52 Å². The third-order valence-electron chi connectivity index (χ3n) is 8.28. The van der Waals surface area contributed by atoms with Crippen molar-refractivity contribution in [1.82, 2.24) is 14.7 Å². The summed E-state index contributed by atoms with van der Waals surface area (Å²) in [6.45, 7) is 0.794. The summed E-state index contributed by atoms with van der Waals surface area (Å²) >= 11 is 13.1. The molecule has 2 aromatic carbocycles. The van der Waals surface area contributed by atoms with Gasteiger partial charge in [-0.15, -0.1) is 0 Å². The fraction of sp³-hybridized carbons (Fsp3) is 0.467. The number of amides is 2. The van der Waals surface area contributed by atoms with Crippen molar-refractivity contribution in [3.63, 3.8) is 0 Å². The van der Waals surface area contributed by atoms with E-state index in [4.69, 9.17) is 32.7 Å². The summed E-state index contributed by atoms with van der Waals surface area (Å²) in [7, 11) is 3.40. The summed E-state index contributed by atoms with van der Waals surface area (Å²) in [5.41, 5.74) is 1.96. The normalized spacial score (nSPS) is 22.4. The predicted molar refractivity (Wildman–Crippen MR) is 159 cm³/mol. The number of nitrogens with zero attached hydrogens (tertiary/aromatic N) is 3. The highest BCUT2D eigenvalue weighted by atomic mass is 35.5. The van der Waals surface area contributed by atoms with Gasteiger partial charge in [-0.2, -0.15) is 5.10 Å². The SMILES string of the molecule is CO[C@H]1C[C@@H](CO[C@H]2CC[C@H](C(=O)O)CC2)N(C(=O)Cc2cc(Cl)c(NC(=O)c3nn(C)c4ccccc34)cc2Cl)C1. The molecule has 1 aliphatic carbocycles. The van der Waals surface area contributed by atoms with Gasteiger partial charge in [0.15, 0.2) is 5.69 Å². The van der Waals surface area contributed by atoms with Crippen molar-refractivity contribution in [2.24, 2.45) is 13.0 Å². The Balaban J connectivity index is 1.23. The number of carbonyl (C=O) groups is 3. The third kappa shape index (κ3) is 6.57. The van der Waals surface area contributed by atoms with Crippen molar-refractivity contribution in [3.8, 4) is 0 Å². The lowest BCUT2D eigenvalue weighted by Crippen LogP contribution is -2.40. The summed E-state index contributed by atoms with van der Waals surface area (Å²) in [4.78, 5) is 39.5. The zero-order valence-electron chi connectivity index (χ0n) is 23.5. The Morgan fingerprint density at radius 2 is 1.81 bits per heavy atom. The van der Waals surface area contributed by atoms with Crippen LogP contribution in [0.5, 0.6) is 0 Å². The van der Waals surface area contributed by atoms with E-state index in [1.807, 2.05) is 24.3 Å². The Hall–Kier alpha value is -3.18. The monoisotopic (exact) mass is 616 g/mol. The summed E-state index contributed by atoms with van der Waals surface area (Å²) in [5, 5.41) is 17.7. The maximum atomic E-state index is 13.5. The van der Waals surface area contributed by atoms with Crippen molar-refractivity contribution in [2.75, 3.05) is 25.6 Å². The molecule has 3 aromatic rings. The summed E-state index contributed by atoms with van der Waals surface area (Å²) < 4.78 is 13.3. The summed E-state index contributed by atoms with van der Waals surface area (Å²) in [6, 6.07) is 10.4. The molecule has 0 unspecified atom stereocenters. The number of anilines is 1. The average Bonchev–Trinajstić information content (AvgIpc) is 3.56. The molecule has 0 spiro atoms. The molecule has 2 heterocycles. The molecule has 1 aromatic heterocycles. The molecule has 2 amide bonds. The van der Waals surface area contributed by atoms with Crippen LogP contribution in [-0.4, -0.2) is 76.1 Å². The number of aromatic nitrogens is 2. The predicted octanol–water partition coefficient (Wildman–Crippen LogP) is 4.95. The van der Waals surface area contributed by atoms with E-state index in [-0.39, 0.29) is 47.2 Å². The minimum absolute atomic E-state index is 0.0146. The Morgan fingerprint density at radius 3 is 2.52 bits per heavy atom. The number of likely N-dealkylation sites (tertiary alicyclic amines) is 1. The first kappa shape index (κ1) is 30.3. The van der Waals surface area contributed by atoms with Crippen LogP contribution in [-0.2, 0) is 32.5 Å². The zero-order chi connectivity index (χ0) is 30.0. The van der Waals surface area contributed by atoms with Crippen LogP contribution in [0.25, 0.3) is 10.9 Å². The number of aliphatic carboxylic acids is 1. The smallest absolute Gasteiger partial charge is 0.306 e. The average molecular weight is 618 g/mol. The van der Waals surface area contributed by atoms with Crippen molar-refractivity contribution < 1.29 is 29.0 Å². The van der Waals surface area contributed by atoms with E-state index in [1.165, 1.54) is 0 Å². The fourth-order valence-electron chi connectivity index (χ4n) is 5.88. The van der Waals surface area contributed by atoms with Gasteiger partial charge in [0.25, 0.3) is 5.91 Å². The highest BCUT2D eigenvalue weighted by Gasteiger charge is 2.36. The van der Waals surface area contributed by atoms with Gasteiger partial charge >= 0.3 is 5.97 Å². The molecule has 42 heavy (non-hydrogen) atoms. The van der Waals surface area contributed by atoms with Crippen LogP contribution in [0.2, 0.25) is 10.0 Å². The molecule has 0 bridgehead atoms. The van der Waals surface area contributed by atoms with E-state index in [0.29, 0.717) is 66.9 Å². The van der Waals surface area contributed by atoms with Gasteiger partial charge in [-0.05, 0) is 55.9 Å². The van der Waals surface area contributed by atoms with E-state index >= 15 is 0 Å². The molecule has 2 aliphatic rings. The molecule has 5 rings (SSSR count). The number of methoxy groups -OCH3 is 1. The minimum Gasteiger partial charge on any atom is -0.481 e. The number of ether oxygens (including phenoxy) is 2. The van der Waals surface area contributed by atoms with Crippen molar-refractivity contribution >= 4 is 57.6 Å². The molecule has 2 fully saturated rings. The Labute approximate surface area is 253 Å². The number of halogens is 2. The number of fused-ring (bicyclic) bond motifs is 1. The first-order valence-electron chi connectivity index (χ1n) is 14.0. The Bertz CT molecular complexity index is 1490. The van der Waals surface area contributed by atoms with Gasteiger partial charge in [0.2, 0.25) is 5.91 Å². The molecule has 224 valence electrons. The molecule has 2 atom stereocenters. The van der Waals surface area contributed by atoms with Crippen LogP contribution in [0.3, 0.4) is 0 Å². The largest absolute Gasteiger partial charge is 0.481 e. The lowest BCUT2D eigenvalue weighted by atomic mass is 9.87. The zero-order valence-corrected chi connectivity index (χ0v) is 25.0. The van der Waals surface area contributed by atoms with Crippen molar-refractivity contribution in [1.29, 1.82) is 0 Å². The van der Waals surface area contributed by atoms with Gasteiger partial charge in [-0.3, -0.25) is 19.1 Å². The standard InChI is InChI=1S/C30H34Cl2N4O6/c1-35-26-6-4-3-5-22(26)28(34-35)29(38)33-25-14-23(31)18(11-24(25)32)12-27(37)36-15-21(41-2)13-19(36)16-42-20-9-7-17(8-10-20)30(39)40/h3-6,11,14,17,19-21H,7-10,12-13,15-16H2,1-2H3,(H,33,38)(H,39,40)/t17-,19-,20-,21-/m0/s1. The van der Waals surface area contributed by atoms with Crippen molar-refractivity contribution in [2.45, 2.75) is 56.8 Å². The third-order valence-corrected chi connectivity index (χ3v) is 8.94. The number of carbonyl (C=O) groups excluding carboxylic acids is 2. The highest BCUT2D eigenvalue weighted by molar-refractivity contribution is 6.36. The number of hydrogen-bond donors (Lipinski definition) is 2. The Kier molecular flexibility index (Phi) is 9.37. The van der Waals surface area contributed by atoms with Gasteiger partial charge in [-0.25, -0.2) is 0 Å². The van der Waals surface area contributed by atoms with Crippen LogP contribution in [0, 0.1) is 5.92 Å². The number of carboxylic acids is 1. The molecule has 0 radical (unpaired) electrons. The second-order valence-corrected chi connectivity index (χ2v) is 11.8. The maximum Gasteiger partial charge on any atom is 0.306 e. The highest BCUT2D eigenvalue weighted by Crippen LogP contribution is 2.32. The van der Waals surface area contributed by atoms with Gasteiger partial charge in [0.05, 0.1) is 53.4 Å². The number of nitrogens with one attached hydrogen (secondary N) is 1. The van der Waals surface area contributed by atoms with Gasteiger partial charge in [0.1, 0.15) is 0 Å². The first-order chi connectivity index (χ1) is 20.1. The molecule has 12 heteroatoms. The quantitative estimate of drug-likeness (QED) is 0.348. The van der Waals surface area contributed by atoms with E-state index in [1.54, 1.807) is 35.9 Å². The number of para-hydroxylation sites is 1. The van der Waals surface area contributed by atoms with E-state index in [2.05, 4.69) is 10.4 Å². The number of hydrogen-bond acceptors (Lipinski definition) is 6. The summed E-state index contributed by atoms with van der Waals surface area (Å²) in [6.07, 6.45) is 3.13. The summed E-state index contributed by atoms with van der Waals surface area (Å²) in [5.74, 6) is -1.61. The van der Waals surface area contributed by atoms with Crippen LogP contribution < -0.4 is 5.32 Å². The van der Waals surface area contributed by atoms with Gasteiger partial charge in [0, 0.05) is 31.1 Å². The van der Waals surface area contributed by atoms with Crippen LogP contribution in [0.1, 0.15) is 48.2 Å². The molecule has 1 saturated heterocycles. The molecule has 1 saturated carbocycles. The lowest BCUT2D eigenvalue weighted by Gasteiger charge is -2.30. The Morgan fingerprint density at radius 1 is 1.07 bits per heavy atom. The number of carboxylic acid groups (broad SMARTS) is 1. The van der Waals surface area contributed by atoms with Crippen LogP contribution >= 0.6 is 23.2 Å². The number of rotatable bonds is 9. The van der Waals surface area contributed by atoms with Gasteiger partial charge in [-0.1, -0.05) is 41.4 Å².